The third-order valence-corrected chi connectivity index (χ3v) is 3.59. The van der Waals surface area contributed by atoms with Gasteiger partial charge in [0.2, 0.25) is 5.91 Å². The summed E-state index contributed by atoms with van der Waals surface area (Å²) >= 11 is 0. The number of para-hydroxylation sites is 2. The van der Waals surface area contributed by atoms with Crippen molar-refractivity contribution in [2.24, 2.45) is 0 Å². The summed E-state index contributed by atoms with van der Waals surface area (Å²) in [7, 11) is 0. The van der Waals surface area contributed by atoms with Gasteiger partial charge in [0.05, 0.1) is 11.0 Å². The number of rotatable bonds is 6. The fraction of sp³-hybridized carbons (Fsp3) is 0.438. The molecular weight excluding hydrogens is 282 g/mol. The summed E-state index contributed by atoms with van der Waals surface area (Å²) < 4.78 is 1.87. The Hall–Kier alpha value is -2.37. The number of amides is 1. The van der Waals surface area contributed by atoms with Crippen LogP contribution in [0.3, 0.4) is 0 Å². The van der Waals surface area contributed by atoms with E-state index in [1.807, 2.05) is 49.6 Å². The highest BCUT2D eigenvalue weighted by atomic mass is 16.4. The molecule has 22 heavy (non-hydrogen) atoms. The average Bonchev–Trinajstić information content (AvgIpc) is 2.82. The normalized spacial score (nSPS) is 11.1. The van der Waals surface area contributed by atoms with Crippen molar-refractivity contribution in [3.63, 3.8) is 0 Å². The second-order valence-corrected chi connectivity index (χ2v) is 5.47. The van der Waals surface area contributed by atoms with Crippen LogP contribution in [0.4, 0.5) is 0 Å². The molecule has 0 unspecified atom stereocenters. The lowest BCUT2D eigenvalue weighted by Crippen LogP contribution is -2.42. The number of nitrogens with zero attached hydrogens (tertiary/aromatic N) is 3. The zero-order chi connectivity index (χ0) is 16.3. The first-order valence-corrected chi connectivity index (χ1v) is 7.39. The van der Waals surface area contributed by atoms with Crippen LogP contribution in [0.5, 0.6) is 0 Å². The van der Waals surface area contributed by atoms with Gasteiger partial charge in [-0.2, -0.15) is 0 Å². The summed E-state index contributed by atoms with van der Waals surface area (Å²) in [6.45, 7) is 5.43. The molecule has 0 saturated carbocycles. The van der Waals surface area contributed by atoms with Crippen LogP contribution in [-0.4, -0.2) is 44.0 Å². The van der Waals surface area contributed by atoms with Crippen LogP contribution in [0.25, 0.3) is 11.0 Å². The molecule has 0 saturated heterocycles. The average molecular weight is 303 g/mol. The topological polar surface area (TPSA) is 75.4 Å². The molecule has 118 valence electrons. The van der Waals surface area contributed by atoms with Gasteiger partial charge in [-0.25, -0.2) is 4.98 Å². The first-order valence-electron chi connectivity index (χ1n) is 7.39. The molecule has 0 fully saturated rings. The molecule has 0 aliphatic carbocycles. The van der Waals surface area contributed by atoms with E-state index < -0.39 is 5.97 Å². The molecule has 0 spiro atoms. The van der Waals surface area contributed by atoms with Gasteiger partial charge in [-0.3, -0.25) is 9.59 Å². The van der Waals surface area contributed by atoms with Crippen molar-refractivity contribution >= 4 is 22.9 Å². The zero-order valence-electron chi connectivity index (χ0n) is 13.1. The Kier molecular flexibility index (Phi) is 4.80. The highest BCUT2D eigenvalue weighted by Crippen LogP contribution is 2.17. The van der Waals surface area contributed by atoms with Crippen molar-refractivity contribution in [2.45, 2.75) is 39.8 Å². The van der Waals surface area contributed by atoms with Crippen molar-refractivity contribution in [3.8, 4) is 0 Å². The van der Waals surface area contributed by atoms with E-state index in [1.165, 1.54) is 4.90 Å². The molecule has 0 radical (unpaired) electrons. The number of hydrogen-bond acceptors (Lipinski definition) is 3. The summed E-state index contributed by atoms with van der Waals surface area (Å²) in [5, 5.41) is 8.97. The largest absolute Gasteiger partial charge is 0.480 e. The Balaban J connectivity index is 2.32. The molecule has 1 aromatic carbocycles. The molecule has 0 aliphatic rings. The maximum atomic E-state index is 12.5. The van der Waals surface area contributed by atoms with Crippen LogP contribution in [0.1, 0.15) is 26.6 Å². The molecular formula is C16H21N3O3. The van der Waals surface area contributed by atoms with Gasteiger partial charge in [0, 0.05) is 12.5 Å². The van der Waals surface area contributed by atoms with Gasteiger partial charge in [-0.1, -0.05) is 19.1 Å². The van der Waals surface area contributed by atoms with E-state index in [9.17, 15) is 9.59 Å². The van der Waals surface area contributed by atoms with Crippen molar-refractivity contribution in [1.29, 1.82) is 0 Å². The summed E-state index contributed by atoms with van der Waals surface area (Å²) in [5.74, 6) is -0.392. The van der Waals surface area contributed by atoms with Gasteiger partial charge >= 0.3 is 5.97 Å². The van der Waals surface area contributed by atoms with Gasteiger partial charge in [-0.05, 0) is 26.0 Å². The number of carbonyl (C=O) groups excluding carboxylic acids is 1. The number of aromatic nitrogens is 2. The van der Waals surface area contributed by atoms with E-state index in [2.05, 4.69) is 4.98 Å². The molecule has 0 aliphatic heterocycles. The number of carbonyl (C=O) groups is 2. The summed E-state index contributed by atoms with van der Waals surface area (Å²) in [6.07, 6.45) is 0.711. The van der Waals surface area contributed by atoms with Gasteiger partial charge in [-0.15, -0.1) is 0 Å². The minimum absolute atomic E-state index is 0.106. The molecule has 1 N–H and O–H groups in total. The fourth-order valence-electron chi connectivity index (χ4n) is 2.50. The number of carboxylic acid groups (broad SMARTS) is 1. The van der Waals surface area contributed by atoms with Crippen LogP contribution in [0.15, 0.2) is 24.3 Å². The number of aliphatic carboxylic acids is 1. The van der Waals surface area contributed by atoms with Crippen LogP contribution in [-0.2, 0) is 22.6 Å². The minimum atomic E-state index is -1.01. The molecule has 1 amide bonds. The van der Waals surface area contributed by atoms with E-state index in [-0.39, 0.29) is 25.0 Å². The second-order valence-electron chi connectivity index (χ2n) is 5.47. The van der Waals surface area contributed by atoms with Crippen molar-refractivity contribution < 1.29 is 14.7 Å². The Morgan fingerprint density at radius 1 is 1.32 bits per heavy atom. The Morgan fingerprint density at radius 3 is 2.59 bits per heavy atom. The number of imidazole rings is 1. The highest BCUT2D eigenvalue weighted by molar-refractivity contribution is 5.84. The maximum Gasteiger partial charge on any atom is 0.323 e. The predicted octanol–water partition coefficient (Wildman–Crippen LogP) is 1.92. The lowest BCUT2D eigenvalue weighted by Gasteiger charge is -2.25. The first kappa shape index (κ1) is 16.0. The van der Waals surface area contributed by atoms with Gasteiger partial charge in [0.1, 0.15) is 18.9 Å². The number of carboxylic acids is 1. The Morgan fingerprint density at radius 2 is 2.00 bits per heavy atom. The molecule has 6 nitrogen and oxygen atoms in total. The monoisotopic (exact) mass is 303 g/mol. The van der Waals surface area contributed by atoms with Gasteiger partial charge < -0.3 is 14.6 Å². The quantitative estimate of drug-likeness (QED) is 0.884. The number of aryl methyl sites for hydroxylation is 1. The summed E-state index contributed by atoms with van der Waals surface area (Å²) in [5.41, 5.74) is 1.74. The molecule has 0 atom stereocenters. The third kappa shape index (κ3) is 3.27. The van der Waals surface area contributed by atoms with Crippen LogP contribution >= 0.6 is 0 Å². The summed E-state index contributed by atoms with van der Waals surface area (Å²) in [6, 6.07) is 7.48. The number of fused-ring (bicyclic) bond motifs is 1. The molecule has 0 bridgehead atoms. The SMILES string of the molecule is CCc1nc2ccccc2n1CC(=O)N(CC(=O)O)C(C)C. The van der Waals surface area contributed by atoms with Crippen LogP contribution in [0.2, 0.25) is 0 Å². The van der Waals surface area contributed by atoms with Crippen LogP contribution in [0, 0.1) is 0 Å². The number of benzene rings is 1. The van der Waals surface area contributed by atoms with Crippen molar-refractivity contribution in [1.82, 2.24) is 14.5 Å². The van der Waals surface area contributed by atoms with E-state index in [4.69, 9.17) is 5.11 Å². The molecule has 6 heteroatoms. The Bertz CT molecular complexity index is 691. The summed E-state index contributed by atoms with van der Waals surface area (Å²) in [4.78, 5) is 29.4. The second kappa shape index (κ2) is 6.60. The van der Waals surface area contributed by atoms with E-state index >= 15 is 0 Å². The van der Waals surface area contributed by atoms with Crippen LogP contribution < -0.4 is 0 Å². The highest BCUT2D eigenvalue weighted by Gasteiger charge is 2.21. The third-order valence-electron chi connectivity index (χ3n) is 3.59. The standard InChI is InChI=1S/C16H21N3O3/c1-4-14-17-12-7-5-6-8-13(12)19(14)9-15(20)18(11(2)3)10-16(21)22/h5-8,11H,4,9-10H2,1-3H3,(H,21,22). The van der Waals surface area contributed by atoms with Gasteiger partial charge in [0.25, 0.3) is 0 Å². The fourth-order valence-corrected chi connectivity index (χ4v) is 2.50. The smallest absolute Gasteiger partial charge is 0.323 e. The van der Waals surface area contributed by atoms with Crippen molar-refractivity contribution in [3.05, 3.63) is 30.1 Å². The number of hydrogen-bond donors (Lipinski definition) is 1. The van der Waals surface area contributed by atoms with E-state index in [0.717, 1.165) is 16.9 Å². The lowest BCUT2D eigenvalue weighted by molar-refractivity contribution is -0.146. The predicted molar refractivity (Wildman–Crippen MR) is 83.6 cm³/mol. The Labute approximate surface area is 129 Å². The van der Waals surface area contributed by atoms with Crippen molar-refractivity contribution in [2.75, 3.05) is 6.54 Å². The van der Waals surface area contributed by atoms with Gasteiger partial charge in [0.15, 0.2) is 0 Å². The first-order chi connectivity index (χ1) is 10.4. The molecule has 2 aromatic rings. The minimum Gasteiger partial charge on any atom is -0.480 e. The molecule has 1 aromatic heterocycles. The molecule has 2 rings (SSSR count). The molecule has 1 heterocycles. The maximum absolute atomic E-state index is 12.5. The lowest BCUT2D eigenvalue weighted by atomic mass is 10.3. The van der Waals surface area contributed by atoms with E-state index in [0.29, 0.717) is 6.42 Å². The van der Waals surface area contributed by atoms with E-state index in [1.54, 1.807) is 0 Å². The zero-order valence-corrected chi connectivity index (χ0v) is 13.1.